The van der Waals surface area contributed by atoms with Crippen molar-refractivity contribution >= 4 is 11.9 Å². The van der Waals surface area contributed by atoms with Crippen molar-refractivity contribution in [3.8, 4) is 0 Å². The molecule has 0 amide bonds. The summed E-state index contributed by atoms with van der Waals surface area (Å²) < 4.78 is 10.8. The van der Waals surface area contributed by atoms with Gasteiger partial charge in [-0.05, 0) is 45.6 Å². The lowest BCUT2D eigenvalue weighted by atomic mass is 9.78. The largest absolute Gasteiger partial charge is 0.461 e. The van der Waals surface area contributed by atoms with Crippen LogP contribution in [0.5, 0.6) is 0 Å². The smallest absolute Gasteiger partial charge is 0.310 e. The third-order valence-electron chi connectivity index (χ3n) is 4.06. The highest BCUT2D eigenvalue weighted by Gasteiger charge is 2.41. The van der Waals surface area contributed by atoms with Gasteiger partial charge in [-0.3, -0.25) is 9.59 Å². The van der Waals surface area contributed by atoms with E-state index in [-0.39, 0.29) is 13.0 Å². The minimum atomic E-state index is -0.660. The van der Waals surface area contributed by atoms with Crippen LogP contribution in [-0.4, -0.2) is 28.8 Å². The van der Waals surface area contributed by atoms with E-state index >= 15 is 0 Å². The van der Waals surface area contributed by atoms with Crippen LogP contribution in [0.15, 0.2) is 30.3 Å². The van der Waals surface area contributed by atoms with E-state index in [4.69, 9.17) is 9.47 Å². The average molecular weight is 334 g/mol. The number of benzene rings is 1. The highest BCUT2D eigenvalue weighted by Crippen LogP contribution is 2.33. The Labute approximate surface area is 143 Å². The molecule has 0 aliphatic heterocycles. The van der Waals surface area contributed by atoms with E-state index in [0.29, 0.717) is 12.8 Å². The van der Waals surface area contributed by atoms with E-state index in [9.17, 15) is 14.7 Å². The predicted octanol–water partition coefficient (Wildman–Crippen LogP) is 2.85. The minimum absolute atomic E-state index is 0.160. The summed E-state index contributed by atoms with van der Waals surface area (Å²) in [6.07, 6.45) is 0.573. The summed E-state index contributed by atoms with van der Waals surface area (Å²) in [6, 6.07) is 9.37. The fourth-order valence-corrected chi connectivity index (χ4v) is 2.90. The summed E-state index contributed by atoms with van der Waals surface area (Å²) in [5.41, 5.74) is 0.280. The molecule has 3 atom stereocenters. The summed E-state index contributed by atoms with van der Waals surface area (Å²) in [4.78, 5) is 24.9. The van der Waals surface area contributed by atoms with Gasteiger partial charge in [0.25, 0.3) is 0 Å². The number of esters is 2. The van der Waals surface area contributed by atoms with Crippen LogP contribution >= 0.6 is 0 Å². The number of aliphatic hydroxyl groups excluding tert-OH is 1. The maximum absolute atomic E-state index is 12.5. The Morgan fingerprint density at radius 2 is 1.75 bits per heavy atom. The minimum Gasteiger partial charge on any atom is -0.461 e. The SMILES string of the molecule is CC(C)(C)OC(=O)C1CCC(O)CC1C(=O)OCc1ccccc1. The van der Waals surface area contributed by atoms with Crippen LogP contribution in [0.3, 0.4) is 0 Å². The van der Waals surface area contributed by atoms with Crippen LogP contribution < -0.4 is 0 Å². The molecule has 1 aliphatic carbocycles. The molecule has 1 aromatic rings. The van der Waals surface area contributed by atoms with Crippen molar-refractivity contribution in [1.82, 2.24) is 0 Å². The standard InChI is InChI=1S/C19H26O5/c1-19(2,3)24-18(22)15-10-9-14(20)11-16(15)17(21)23-12-13-7-5-4-6-8-13/h4-8,14-16,20H,9-12H2,1-3H3. The van der Waals surface area contributed by atoms with E-state index < -0.39 is 35.5 Å². The number of aliphatic hydroxyl groups is 1. The van der Waals surface area contributed by atoms with Crippen molar-refractivity contribution in [3.63, 3.8) is 0 Å². The van der Waals surface area contributed by atoms with Gasteiger partial charge in [0.05, 0.1) is 17.9 Å². The number of hydrogen-bond donors (Lipinski definition) is 1. The van der Waals surface area contributed by atoms with Gasteiger partial charge in [-0.15, -0.1) is 0 Å². The van der Waals surface area contributed by atoms with Crippen molar-refractivity contribution < 1.29 is 24.2 Å². The maximum Gasteiger partial charge on any atom is 0.310 e. The quantitative estimate of drug-likeness (QED) is 0.857. The highest BCUT2D eigenvalue weighted by molar-refractivity contribution is 5.82. The number of carbonyl (C=O) groups excluding carboxylic acids is 2. The zero-order valence-electron chi connectivity index (χ0n) is 14.5. The fraction of sp³-hybridized carbons (Fsp3) is 0.579. The van der Waals surface area contributed by atoms with Crippen LogP contribution in [-0.2, 0) is 25.7 Å². The van der Waals surface area contributed by atoms with Crippen LogP contribution in [0.4, 0.5) is 0 Å². The number of carbonyl (C=O) groups is 2. The van der Waals surface area contributed by atoms with Gasteiger partial charge < -0.3 is 14.6 Å². The first-order valence-electron chi connectivity index (χ1n) is 8.38. The third kappa shape index (κ3) is 5.34. The molecule has 0 saturated heterocycles. The van der Waals surface area contributed by atoms with Gasteiger partial charge in [-0.25, -0.2) is 0 Å². The molecule has 1 aromatic carbocycles. The summed E-state index contributed by atoms with van der Waals surface area (Å²) in [5.74, 6) is -2.06. The molecule has 24 heavy (non-hydrogen) atoms. The summed E-state index contributed by atoms with van der Waals surface area (Å²) in [7, 11) is 0. The van der Waals surface area contributed by atoms with Gasteiger partial charge in [0.15, 0.2) is 0 Å². The van der Waals surface area contributed by atoms with E-state index in [1.165, 1.54) is 0 Å². The van der Waals surface area contributed by atoms with Crippen molar-refractivity contribution in [2.24, 2.45) is 11.8 Å². The predicted molar refractivity (Wildman–Crippen MR) is 88.9 cm³/mol. The topological polar surface area (TPSA) is 72.8 Å². The zero-order chi connectivity index (χ0) is 17.7. The molecular formula is C19H26O5. The molecule has 132 valence electrons. The van der Waals surface area contributed by atoms with Gasteiger partial charge in [-0.1, -0.05) is 30.3 Å². The molecule has 0 radical (unpaired) electrons. The highest BCUT2D eigenvalue weighted by atomic mass is 16.6. The zero-order valence-corrected chi connectivity index (χ0v) is 14.5. The second-order valence-electron chi connectivity index (χ2n) is 7.31. The van der Waals surface area contributed by atoms with E-state index in [0.717, 1.165) is 5.56 Å². The second kappa shape index (κ2) is 7.79. The Bertz CT molecular complexity index is 561. The molecule has 1 fully saturated rings. The van der Waals surface area contributed by atoms with Crippen LogP contribution in [0.25, 0.3) is 0 Å². The number of hydrogen-bond acceptors (Lipinski definition) is 5. The van der Waals surface area contributed by atoms with Gasteiger partial charge in [-0.2, -0.15) is 0 Å². The van der Waals surface area contributed by atoms with Crippen molar-refractivity contribution in [1.29, 1.82) is 0 Å². The van der Waals surface area contributed by atoms with Gasteiger partial charge in [0.2, 0.25) is 0 Å². The Morgan fingerprint density at radius 1 is 1.08 bits per heavy atom. The average Bonchev–Trinajstić information content (AvgIpc) is 2.51. The molecule has 2 rings (SSSR count). The normalized spacial score (nSPS) is 24.2. The molecule has 0 bridgehead atoms. The maximum atomic E-state index is 12.5. The summed E-state index contributed by atoms with van der Waals surface area (Å²) in [6.45, 7) is 5.55. The Kier molecular flexibility index (Phi) is 5.99. The number of ether oxygens (including phenoxy) is 2. The molecule has 5 heteroatoms. The molecular weight excluding hydrogens is 308 g/mol. The number of rotatable bonds is 4. The van der Waals surface area contributed by atoms with Crippen molar-refractivity contribution in [2.45, 2.75) is 58.3 Å². The molecule has 0 aromatic heterocycles. The fourth-order valence-electron chi connectivity index (χ4n) is 2.90. The lowest BCUT2D eigenvalue weighted by molar-refractivity contribution is -0.172. The molecule has 5 nitrogen and oxygen atoms in total. The van der Waals surface area contributed by atoms with E-state index in [1.807, 2.05) is 30.3 Å². The monoisotopic (exact) mass is 334 g/mol. The van der Waals surface area contributed by atoms with Crippen LogP contribution in [0.1, 0.15) is 45.6 Å². The lowest BCUT2D eigenvalue weighted by Crippen LogP contribution is -2.41. The van der Waals surface area contributed by atoms with Gasteiger partial charge >= 0.3 is 11.9 Å². The van der Waals surface area contributed by atoms with E-state index in [1.54, 1.807) is 20.8 Å². The summed E-state index contributed by atoms with van der Waals surface area (Å²) >= 11 is 0. The van der Waals surface area contributed by atoms with E-state index in [2.05, 4.69) is 0 Å². The van der Waals surface area contributed by atoms with Crippen LogP contribution in [0.2, 0.25) is 0 Å². The first kappa shape index (κ1) is 18.5. The molecule has 1 saturated carbocycles. The second-order valence-corrected chi connectivity index (χ2v) is 7.31. The summed E-state index contributed by atoms with van der Waals surface area (Å²) in [5, 5.41) is 9.89. The van der Waals surface area contributed by atoms with Crippen molar-refractivity contribution in [2.75, 3.05) is 0 Å². The first-order chi connectivity index (χ1) is 11.3. The Balaban J connectivity index is 2.02. The molecule has 1 N–H and O–H groups in total. The van der Waals surface area contributed by atoms with Crippen molar-refractivity contribution in [3.05, 3.63) is 35.9 Å². The third-order valence-corrected chi connectivity index (χ3v) is 4.06. The van der Waals surface area contributed by atoms with Crippen LogP contribution in [0, 0.1) is 11.8 Å². The first-order valence-corrected chi connectivity index (χ1v) is 8.38. The van der Waals surface area contributed by atoms with Gasteiger partial charge in [0.1, 0.15) is 12.2 Å². The Morgan fingerprint density at radius 3 is 2.38 bits per heavy atom. The lowest BCUT2D eigenvalue weighted by Gasteiger charge is -2.33. The molecule has 1 aliphatic rings. The molecule has 3 unspecified atom stereocenters. The molecule has 0 spiro atoms. The Hall–Kier alpha value is -1.88. The van der Waals surface area contributed by atoms with Gasteiger partial charge in [0, 0.05) is 0 Å². The molecule has 0 heterocycles.